The van der Waals surface area contributed by atoms with Gasteiger partial charge in [-0.1, -0.05) is 24.3 Å². The summed E-state index contributed by atoms with van der Waals surface area (Å²) in [7, 11) is 1.25. The number of carbonyl (C=O) groups excluding carboxylic acids is 2. The Labute approximate surface area is 115 Å². The number of hydrogen-bond acceptors (Lipinski definition) is 3. The highest BCUT2D eigenvalue weighted by atomic mass is 19.1. The van der Waals surface area contributed by atoms with Gasteiger partial charge in [-0.05, 0) is 24.4 Å². The lowest BCUT2D eigenvalue weighted by molar-refractivity contribution is -0.142. The van der Waals surface area contributed by atoms with Crippen LogP contribution in [0.15, 0.2) is 36.4 Å². The van der Waals surface area contributed by atoms with E-state index in [1.165, 1.54) is 26.2 Å². The van der Waals surface area contributed by atoms with Crippen molar-refractivity contribution >= 4 is 22.6 Å². The van der Waals surface area contributed by atoms with Crippen molar-refractivity contribution in [1.82, 2.24) is 5.32 Å². The molecule has 0 aliphatic rings. The third kappa shape index (κ3) is 2.61. The summed E-state index contributed by atoms with van der Waals surface area (Å²) in [4.78, 5) is 23.5. The van der Waals surface area contributed by atoms with E-state index < -0.39 is 23.7 Å². The predicted molar refractivity (Wildman–Crippen MR) is 72.9 cm³/mol. The summed E-state index contributed by atoms with van der Waals surface area (Å²) in [6.07, 6.45) is 0. The van der Waals surface area contributed by atoms with Crippen molar-refractivity contribution in [3.8, 4) is 0 Å². The summed E-state index contributed by atoms with van der Waals surface area (Å²) in [5.41, 5.74) is 0.317. The first-order chi connectivity index (χ1) is 9.54. The molecular formula is C15H14FNO3. The molecule has 0 saturated heterocycles. The molecule has 0 aromatic heterocycles. The van der Waals surface area contributed by atoms with Crippen LogP contribution in [-0.4, -0.2) is 25.0 Å². The standard InChI is InChI=1S/C15H14FNO3/c1-9(15(19)20-2)17-14(18)12-7-8-13(16)11-6-4-3-5-10(11)12/h3-9H,1-2H3,(H,17,18). The van der Waals surface area contributed by atoms with Crippen molar-refractivity contribution in [2.45, 2.75) is 13.0 Å². The number of methoxy groups -OCH3 is 1. The maximum atomic E-state index is 13.7. The smallest absolute Gasteiger partial charge is 0.328 e. The highest BCUT2D eigenvalue weighted by Gasteiger charge is 2.18. The minimum atomic E-state index is -0.767. The first-order valence-electron chi connectivity index (χ1n) is 6.10. The summed E-state index contributed by atoms with van der Waals surface area (Å²) in [5.74, 6) is -1.37. The van der Waals surface area contributed by atoms with Gasteiger partial charge in [-0.25, -0.2) is 9.18 Å². The third-order valence-electron chi connectivity index (χ3n) is 3.02. The SMILES string of the molecule is COC(=O)C(C)NC(=O)c1ccc(F)c2ccccc12. The molecule has 1 atom stereocenters. The highest BCUT2D eigenvalue weighted by molar-refractivity contribution is 6.08. The van der Waals surface area contributed by atoms with E-state index in [1.54, 1.807) is 24.3 Å². The fourth-order valence-electron chi connectivity index (χ4n) is 1.97. The van der Waals surface area contributed by atoms with E-state index in [9.17, 15) is 14.0 Å². The first-order valence-corrected chi connectivity index (χ1v) is 6.10. The Morgan fingerprint density at radius 2 is 1.80 bits per heavy atom. The Balaban J connectivity index is 2.36. The molecule has 2 rings (SSSR count). The Bertz CT molecular complexity index is 669. The van der Waals surface area contributed by atoms with Crippen LogP contribution in [0.5, 0.6) is 0 Å². The Kier molecular flexibility index (Phi) is 3.98. The average molecular weight is 275 g/mol. The molecule has 2 aromatic carbocycles. The van der Waals surface area contributed by atoms with Crippen LogP contribution < -0.4 is 5.32 Å². The van der Waals surface area contributed by atoms with Gasteiger partial charge in [0, 0.05) is 10.9 Å². The van der Waals surface area contributed by atoms with E-state index in [-0.39, 0.29) is 0 Å². The summed E-state index contributed by atoms with van der Waals surface area (Å²) in [5, 5.41) is 3.39. The molecule has 0 spiro atoms. The zero-order valence-corrected chi connectivity index (χ0v) is 11.1. The predicted octanol–water partition coefficient (Wildman–Crippen LogP) is 2.27. The van der Waals surface area contributed by atoms with Gasteiger partial charge in [0.2, 0.25) is 0 Å². The molecule has 2 aromatic rings. The van der Waals surface area contributed by atoms with Crippen LogP contribution in [0.4, 0.5) is 4.39 Å². The van der Waals surface area contributed by atoms with Crippen molar-refractivity contribution in [3.63, 3.8) is 0 Å². The summed E-state index contributed by atoms with van der Waals surface area (Å²) < 4.78 is 18.2. The molecule has 20 heavy (non-hydrogen) atoms. The van der Waals surface area contributed by atoms with Crippen molar-refractivity contribution in [2.24, 2.45) is 0 Å². The lowest BCUT2D eigenvalue weighted by Gasteiger charge is -2.13. The number of hydrogen-bond donors (Lipinski definition) is 1. The molecular weight excluding hydrogens is 261 g/mol. The molecule has 0 aliphatic carbocycles. The number of rotatable bonds is 3. The number of esters is 1. The Hall–Kier alpha value is -2.43. The van der Waals surface area contributed by atoms with Crippen LogP contribution in [0, 0.1) is 5.82 Å². The lowest BCUT2D eigenvalue weighted by atomic mass is 10.0. The van der Waals surface area contributed by atoms with E-state index >= 15 is 0 Å². The summed E-state index contributed by atoms with van der Waals surface area (Å²) in [6.45, 7) is 1.52. The molecule has 0 fully saturated rings. The van der Waals surface area contributed by atoms with Gasteiger partial charge >= 0.3 is 5.97 Å². The van der Waals surface area contributed by atoms with Gasteiger partial charge in [0.05, 0.1) is 7.11 Å². The van der Waals surface area contributed by atoms with Crippen molar-refractivity contribution < 1.29 is 18.7 Å². The zero-order valence-electron chi connectivity index (χ0n) is 11.1. The number of benzene rings is 2. The minimum Gasteiger partial charge on any atom is -0.467 e. The van der Waals surface area contributed by atoms with Crippen LogP contribution in [0.3, 0.4) is 0 Å². The molecule has 0 radical (unpaired) electrons. The van der Waals surface area contributed by atoms with Gasteiger partial charge in [0.25, 0.3) is 5.91 Å². The molecule has 1 amide bonds. The molecule has 0 bridgehead atoms. The van der Waals surface area contributed by atoms with Gasteiger partial charge in [0.1, 0.15) is 11.9 Å². The van der Waals surface area contributed by atoms with Crippen LogP contribution in [0.2, 0.25) is 0 Å². The minimum absolute atomic E-state index is 0.317. The fraction of sp³-hybridized carbons (Fsp3) is 0.200. The zero-order chi connectivity index (χ0) is 14.7. The normalized spacial score (nSPS) is 11.9. The second-order valence-electron chi connectivity index (χ2n) is 4.36. The maximum Gasteiger partial charge on any atom is 0.328 e. The molecule has 5 heteroatoms. The second kappa shape index (κ2) is 5.69. The fourth-order valence-corrected chi connectivity index (χ4v) is 1.97. The second-order valence-corrected chi connectivity index (χ2v) is 4.36. The maximum absolute atomic E-state index is 13.7. The van der Waals surface area contributed by atoms with Gasteiger partial charge in [-0.2, -0.15) is 0 Å². The van der Waals surface area contributed by atoms with Crippen LogP contribution in [-0.2, 0) is 9.53 Å². The average Bonchev–Trinajstić information content (AvgIpc) is 2.46. The monoisotopic (exact) mass is 275 g/mol. The molecule has 0 aliphatic heterocycles. The lowest BCUT2D eigenvalue weighted by Crippen LogP contribution is -2.39. The third-order valence-corrected chi connectivity index (χ3v) is 3.02. The number of fused-ring (bicyclic) bond motifs is 1. The first kappa shape index (κ1) is 14.0. The van der Waals surface area contributed by atoms with Crippen molar-refractivity contribution in [3.05, 3.63) is 47.8 Å². The van der Waals surface area contributed by atoms with Crippen LogP contribution >= 0.6 is 0 Å². The topological polar surface area (TPSA) is 55.4 Å². The molecule has 0 heterocycles. The van der Waals surface area contributed by atoms with Gasteiger partial charge in [-0.15, -0.1) is 0 Å². The van der Waals surface area contributed by atoms with Crippen LogP contribution in [0.25, 0.3) is 10.8 Å². The van der Waals surface area contributed by atoms with E-state index in [0.717, 1.165) is 0 Å². The number of amides is 1. The number of nitrogens with one attached hydrogen (secondary N) is 1. The Morgan fingerprint density at radius 1 is 1.15 bits per heavy atom. The van der Waals surface area contributed by atoms with Crippen LogP contribution in [0.1, 0.15) is 17.3 Å². The molecule has 0 saturated carbocycles. The number of ether oxygens (including phenoxy) is 1. The van der Waals surface area contributed by atoms with E-state index in [0.29, 0.717) is 16.3 Å². The van der Waals surface area contributed by atoms with E-state index in [2.05, 4.69) is 10.1 Å². The quantitative estimate of drug-likeness (QED) is 0.874. The molecule has 1 N–H and O–H groups in total. The molecule has 4 nitrogen and oxygen atoms in total. The van der Waals surface area contributed by atoms with Crippen molar-refractivity contribution in [1.29, 1.82) is 0 Å². The molecule has 1 unspecified atom stereocenters. The number of carbonyl (C=O) groups is 2. The Morgan fingerprint density at radius 3 is 2.45 bits per heavy atom. The van der Waals surface area contributed by atoms with E-state index in [1.807, 2.05) is 0 Å². The van der Waals surface area contributed by atoms with Gasteiger partial charge < -0.3 is 10.1 Å². The highest BCUT2D eigenvalue weighted by Crippen LogP contribution is 2.21. The molecule has 104 valence electrons. The summed E-state index contributed by atoms with van der Waals surface area (Å²) >= 11 is 0. The van der Waals surface area contributed by atoms with Gasteiger partial charge in [-0.3, -0.25) is 4.79 Å². The summed E-state index contributed by atoms with van der Waals surface area (Å²) in [6, 6.07) is 8.56. The van der Waals surface area contributed by atoms with E-state index in [4.69, 9.17) is 0 Å². The van der Waals surface area contributed by atoms with Gasteiger partial charge in [0.15, 0.2) is 0 Å². The number of halogens is 1. The van der Waals surface area contributed by atoms with Crippen molar-refractivity contribution in [2.75, 3.05) is 7.11 Å². The largest absolute Gasteiger partial charge is 0.467 e.